The first-order valence-corrected chi connectivity index (χ1v) is 13.3. The summed E-state index contributed by atoms with van der Waals surface area (Å²) in [4.78, 5) is 16.4. The van der Waals surface area contributed by atoms with E-state index in [1.54, 1.807) is 0 Å². The number of carbonyl (C=O) groups excluding carboxylic acids is 1. The van der Waals surface area contributed by atoms with Gasteiger partial charge >= 0.3 is 0 Å². The van der Waals surface area contributed by atoms with Crippen molar-refractivity contribution in [1.82, 2.24) is 14.5 Å². The summed E-state index contributed by atoms with van der Waals surface area (Å²) in [5, 5.41) is 0. The molecule has 4 rings (SSSR count). The number of amides is 1. The van der Waals surface area contributed by atoms with E-state index in [2.05, 4.69) is 9.62 Å². The average Bonchev–Trinajstić information content (AvgIpc) is 3.35. The molecule has 33 heavy (non-hydrogen) atoms. The minimum absolute atomic E-state index is 0.121. The van der Waals surface area contributed by atoms with Crippen molar-refractivity contribution in [2.75, 3.05) is 26.2 Å². The lowest BCUT2D eigenvalue weighted by molar-refractivity contribution is -0.138. The third-order valence-electron chi connectivity index (χ3n) is 7.51. The van der Waals surface area contributed by atoms with Crippen LogP contribution in [0.1, 0.15) is 56.9 Å². The Labute approximate surface area is 193 Å². The highest BCUT2D eigenvalue weighted by atomic mass is 32.2. The van der Waals surface area contributed by atoms with Crippen molar-refractivity contribution in [2.45, 2.75) is 75.3 Å². The van der Waals surface area contributed by atoms with Gasteiger partial charge in [0.05, 0.1) is 0 Å². The number of rotatable bonds is 5. The van der Waals surface area contributed by atoms with E-state index in [1.807, 2.05) is 4.90 Å². The number of hydrogen-bond donors (Lipinski definition) is 1. The summed E-state index contributed by atoms with van der Waals surface area (Å²) < 4.78 is 69.3. The summed E-state index contributed by atoms with van der Waals surface area (Å²) in [6.07, 6.45) is 6.95. The van der Waals surface area contributed by atoms with Gasteiger partial charge in [-0.05, 0) is 51.5 Å². The zero-order valence-electron chi connectivity index (χ0n) is 19.0. The van der Waals surface area contributed by atoms with Crippen LogP contribution >= 0.6 is 0 Å². The number of piperazine rings is 1. The number of sulfonamides is 1. The number of nitrogens with zero attached hydrogens (tertiary/aromatic N) is 2. The third kappa shape index (κ3) is 5.22. The lowest BCUT2D eigenvalue weighted by Gasteiger charge is -2.40. The fraction of sp³-hybridized carbons (Fsp3) is 0.696. The van der Waals surface area contributed by atoms with Gasteiger partial charge in [-0.15, -0.1) is 0 Å². The Balaban J connectivity index is 1.30. The van der Waals surface area contributed by atoms with Crippen LogP contribution in [0.25, 0.3) is 0 Å². The molecule has 1 amide bonds. The lowest BCUT2D eigenvalue weighted by Crippen LogP contribution is -2.53. The Morgan fingerprint density at radius 2 is 1.55 bits per heavy atom. The van der Waals surface area contributed by atoms with Gasteiger partial charge in [-0.25, -0.2) is 26.3 Å². The van der Waals surface area contributed by atoms with Crippen LogP contribution in [0.3, 0.4) is 0 Å². The quantitative estimate of drug-likeness (QED) is 0.647. The first kappa shape index (κ1) is 24.5. The standard InChI is InChI=1S/C23H32F3N3O3S/c1-15-19(24)14-20(22(26)21(15)25)33(31,32)27-17-8-6-16(7-9-17)23(30)29-12-10-28(11-13-29)18-4-2-3-5-18/h14,16-18,27H,2-13H2,1H3. The normalized spacial score (nSPS) is 25.5. The van der Waals surface area contributed by atoms with E-state index in [1.165, 1.54) is 25.7 Å². The molecule has 0 radical (unpaired) electrons. The molecule has 3 fully saturated rings. The maximum Gasteiger partial charge on any atom is 0.243 e. The first-order chi connectivity index (χ1) is 15.7. The molecule has 0 aromatic heterocycles. The summed E-state index contributed by atoms with van der Waals surface area (Å²) in [6, 6.07) is 0.660. The van der Waals surface area contributed by atoms with Gasteiger partial charge < -0.3 is 4.90 Å². The number of hydrogen-bond acceptors (Lipinski definition) is 4. The van der Waals surface area contributed by atoms with E-state index in [0.29, 0.717) is 37.8 Å². The molecule has 6 nitrogen and oxygen atoms in total. The molecule has 0 atom stereocenters. The van der Waals surface area contributed by atoms with E-state index in [9.17, 15) is 26.4 Å². The number of benzene rings is 1. The molecule has 0 spiro atoms. The SMILES string of the molecule is Cc1c(F)cc(S(=O)(=O)NC2CCC(C(=O)N3CCN(C4CCCC4)CC3)CC2)c(F)c1F. The van der Waals surface area contributed by atoms with Crippen molar-refractivity contribution in [3.8, 4) is 0 Å². The largest absolute Gasteiger partial charge is 0.340 e. The fourth-order valence-electron chi connectivity index (χ4n) is 5.44. The fourth-order valence-corrected chi connectivity index (χ4v) is 6.82. The highest BCUT2D eigenvalue weighted by molar-refractivity contribution is 7.89. The average molecular weight is 488 g/mol. The molecule has 1 heterocycles. The van der Waals surface area contributed by atoms with Gasteiger partial charge in [0.1, 0.15) is 10.7 Å². The predicted molar refractivity (Wildman–Crippen MR) is 118 cm³/mol. The van der Waals surface area contributed by atoms with Crippen LogP contribution in [-0.4, -0.2) is 62.4 Å². The lowest BCUT2D eigenvalue weighted by atomic mass is 9.85. The summed E-state index contributed by atoms with van der Waals surface area (Å²) in [5.74, 6) is -4.23. The van der Waals surface area contributed by atoms with Gasteiger partial charge in [-0.2, -0.15) is 0 Å². The minimum Gasteiger partial charge on any atom is -0.340 e. The van der Waals surface area contributed by atoms with Crippen molar-refractivity contribution in [2.24, 2.45) is 5.92 Å². The topological polar surface area (TPSA) is 69.7 Å². The van der Waals surface area contributed by atoms with Crippen LogP contribution in [0.4, 0.5) is 13.2 Å². The van der Waals surface area contributed by atoms with Gasteiger partial charge in [-0.3, -0.25) is 9.69 Å². The molecule has 1 aromatic carbocycles. The maximum atomic E-state index is 14.2. The van der Waals surface area contributed by atoms with Crippen LogP contribution in [0, 0.1) is 30.3 Å². The van der Waals surface area contributed by atoms with Crippen LogP contribution in [0.2, 0.25) is 0 Å². The molecule has 0 bridgehead atoms. The second-order valence-corrected chi connectivity index (χ2v) is 11.3. The zero-order valence-corrected chi connectivity index (χ0v) is 19.8. The molecule has 2 saturated carbocycles. The van der Waals surface area contributed by atoms with E-state index in [4.69, 9.17) is 0 Å². The highest BCUT2D eigenvalue weighted by Gasteiger charge is 2.35. The van der Waals surface area contributed by atoms with E-state index < -0.39 is 44.0 Å². The molecule has 3 aliphatic rings. The molecular formula is C23H32F3N3O3S. The molecule has 184 valence electrons. The van der Waals surface area contributed by atoms with Crippen LogP contribution < -0.4 is 4.72 Å². The second kappa shape index (κ2) is 9.92. The molecule has 1 aliphatic heterocycles. The first-order valence-electron chi connectivity index (χ1n) is 11.9. The molecule has 2 aliphatic carbocycles. The van der Waals surface area contributed by atoms with E-state index in [-0.39, 0.29) is 11.8 Å². The third-order valence-corrected chi connectivity index (χ3v) is 9.03. The van der Waals surface area contributed by atoms with Crippen molar-refractivity contribution in [3.05, 3.63) is 29.1 Å². The van der Waals surface area contributed by atoms with Gasteiger partial charge in [0.15, 0.2) is 11.6 Å². The Morgan fingerprint density at radius 3 is 2.15 bits per heavy atom. The molecule has 10 heteroatoms. The summed E-state index contributed by atoms with van der Waals surface area (Å²) in [5.41, 5.74) is -0.561. The molecule has 0 unspecified atom stereocenters. The summed E-state index contributed by atoms with van der Waals surface area (Å²) in [7, 11) is -4.43. The van der Waals surface area contributed by atoms with E-state index >= 15 is 0 Å². The Bertz CT molecular complexity index is 982. The molecule has 1 aromatic rings. The second-order valence-electron chi connectivity index (χ2n) is 9.58. The number of nitrogens with one attached hydrogen (secondary N) is 1. The van der Waals surface area contributed by atoms with Crippen LogP contribution in [0.5, 0.6) is 0 Å². The van der Waals surface area contributed by atoms with Crippen molar-refractivity contribution < 1.29 is 26.4 Å². The Morgan fingerprint density at radius 1 is 0.939 bits per heavy atom. The van der Waals surface area contributed by atoms with Crippen molar-refractivity contribution in [3.63, 3.8) is 0 Å². The molecule has 1 N–H and O–H groups in total. The van der Waals surface area contributed by atoms with Gasteiger partial charge in [0.25, 0.3) is 0 Å². The van der Waals surface area contributed by atoms with Crippen molar-refractivity contribution >= 4 is 15.9 Å². The number of halogens is 3. The Kier molecular flexibility index (Phi) is 7.35. The maximum absolute atomic E-state index is 14.2. The van der Waals surface area contributed by atoms with Gasteiger partial charge in [0, 0.05) is 49.7 Å². The van der Waals surface area contributed by atoms with E-state index in [0.717, 1.165) is 33.1 Å². The Hall–Kier alpha value is -1.65. The smallest absolute Gasteiger partial charge is 0.243 e. The van der Waals surface area contributed by atoms with Gasteiger partial charge in [0.2, 0.25) is 15.9 Å². The van der Waals surface area contributed by atoms with Crippen LogP contribution in [0.15, 0.2) is 11.0 Å². The van der Waals surface area contributed by atoms with Gasteiger partial charge in [-0.1, -0.05) is 12.8 Å². The monoisotopic (exact) mass is 487 g/mol. The molecule has 1 saturated heterocycles. The molecular weight excluding hydrogens is 455 g/mol. The predicted octanol–water partition coefficient (Wildman–Crippen LogP) is 3.34. The number of carbonyl (C=O) groups is 1. The zero-order chi connectivity index (χ0) is 23.8. The van der Waals surface area contributed by atoms with Crippen LogP contribution in [-0.2, 0) is 14.8 Å². The summed E-state index contributed by atoms with van der Waals surface area (Å²) in [6.45, 7) is 4.31. The summed E-state index contributed by atoms with van der Waals surface area (Å²) >= 11 is 0. The van der Waals surface area contributed by atoms with Crippen molar-refractivity contribution in [1.29, 1.82) is 0 Å². The minimum atomic E-state index is -4.43. The highest BCUT2D eigenvalue weighted by Crippen LogP contribution is 2.30.